The first-order valence-corrected chi connectivity index (χ1v) is 6.11. The molecule has 0 spiro atoms. The third-order valence-electron chi connectivity index (χ3n) is 3.56. The van der Waals surface area contributed by atoms with Crippen molar-refractivity contribution in [3.63, 3.8) is 0 Å². The molecule has 84 valence electrons. The van der Waals surface area contributed by atoms with E-state index in [1.807, 2.05) is 0 Å². The third-order valence-corrected chi connectivity index (χ3v) is 3.56. The minimum absolute atomic E-state index is 0.719. The third kappa shape index (κ3) is 3.25. The summed E-state index contributed by atoms with van der Waals surface area (Å²) in [7, 11) is 0. The van der Waals surface area contributed by atoms with Crippen LogP contribution in [-0.2, 0) is 0 Å². The number of nitrogens with zero attached hydrogens (tertiary/aromatic N) is 1. The summed E-state index contributed by atoms with van der Waals surface area (Å²) < 4.78 is 0. The molecule has 0 amide bonds. The van der Waals surface area contributed by atoms with E-state index in [0.29, 0.717) is 0 Å². The van der Waals surface area contributed by atoms with Gasteiger partial charge in [0.15, 0.2) is 0 Å². The largest absolute Gasteiger partial charge is 0.330 e. The molecule has 1 aliphatic heterocycles. The molecule has 0 aromatic carbocycles. The summed E-state index contributed by atoms with van der Waals surface area (Å²) in [6.45, 7) is 9.21. The lowest BCUT2D eigenvalue weighted by Crippen LogP contribution is -2.46. The fourth-order valence-electron chi connectivity index (χ4n) is 2.52. The minimum Gasteiger partial charge on any atom is -0.330 e. The van der Waals surface area contributed by atoms with Gasteiger partial charge >= 0.3 is 0 Å². The molecule has 1 fully saturated rings. The molecular weight excluding hydrogens is 172 g/mol. The van der Waals surface area contributed by atoms with Crippen molar-refractivity contribution in [2.45, 2.75) is 58.5 Å². The zero-order chi connectivity index (χ0) is 10.6. The van der Waals surface area contributed by atoms with Gasteiger partial charge < -0.3 is 5.73 Å². The maximum absolute atomic E-state index is 5.55. The Morgan fingerprint density at radius 1 is 1.36 bits per heavy atom. The molecule has 0 saturated carbocycles. The van der Waals surface area contributed by atoms with Crippen LogP contribution in [0.25, 0.3) is 0 Å². The Morgan fingerprint density at radius 3 is 2.71 bits per heavy atom. The van der Waals surface area contributed by atoms with E-state index in [-0.39, 0.29) is 0 Å². The summed E-state index contributed by atoms with van der Waals surface area (Å²) in [5.74, 6) is 0.881. The van der Waals surface area contributed by atoms with Crippen LogP contribution < -0.4 is 5.73 Å². The van der Waals surface area contributed by atoms with E-state index in [4.69, 9.17) is 5.73 Å². The van der Waals surface area contributed by atoms with Crippen LogP contribution >= 0.6 is 0 Å². The van der Waals surface area contributed by atoms with Crippen molar-refractivity contribution >= 4 is 0 Å². The number of nitrogens with two attached hydrogens (primary N) is 1. The number of hydrogen-bond donors (Lipinski definition) is 1. The summed E-state index contributed by atoms with van der Waals surface area (Å²) in [6.07, 6.45) is 5.20. The molecule has 1 rings (SSSR count). The molecular formula is C12H26N2. The highest BCUT2D eigenvalue weighted by Gasteiger charge is 2.25. The Morgan fingerprint density at radius 2 is 2.07 bits per heavy atom. The lowest BCUT2D eigenvalue weighted by molar-refractivity contribution is 0.0799. The zero-order valence-electron chi connectivity index (χ0n) is 10.00. The summed E-state index contributed by atoms with van der Waals surface area (Å²) in [6, 6.07) is 1.50. The Balaban J connectivity index is 2.38. The Labute approximate surface area is 88.8 Å². The van der Waals surface area contributed by atoms with Gasteiger partial charge in [0.05, 0.1) is 0 Å². The second-order valence-corrected chi connectivity index (χ2v) is 5.01. The second kappa shape index (κ2) is 5.72. The first kappa shape index (κ1) is 12.0. The summed E-state index contributed by atoms with van der Waals surface area (Å²) in [5.41, 5.74) is 5.55. The first-order valence-electron chi connectivity index (χ1n) is 6.11. The van der Waals surface area contributed by atoms with Crippen LogP contribution in [0.5, 0.6) is 0 Å². The minimum atomic E-state index is 0.719. The van der Waals surface area contributed by atoms with Gasteiger partial charge in [-0.05, 0) is 52.0 Å². The molecule has 3 unspecified atom stereocenters. The highest BCUT2D eigenvalue weighted by molar-refractivity contribution is 4.80. The molecule has 2 nitrogen and oxygen atoms in total. The van der Waals surface area contributed by atoms with Crippen molar-refractivity contribution in [2.24, 2.45) is 11.7 Å². The lowest BCUT2D eigenvalue weighted by Gasteiger charge is -2.41. The monoisotopic (exact) mass is 198 g/mol. The van der Waals surface area contributed by atoms with Gasteiger partial charge in [-0.15, -0.1) is 0 Å². The summed E-state index contributed by atoms with van der Waals surface area (Å²) in [5, 5.41) is 0. The molecule has 1 saturated heterocycles. The quantitative estimate of drug-likeness (QED) is 0.750. The first-order chi connectivity index (χ1) is 6.65. The highest BCUT2D eigenvalue weighted by Crippen LogP contribution is 2.24. The van der Waals surface area contributed by atoms with Gasteiger partial charge in [-0.1, -0.05) is 6.92 Å². The van der Waals surface area contributed by atoms with Crippen LogP contribution in [0.1, 0.15) is 46.5 Å². The van der Waals surface area contributed by atoms with Gasteiger partial charge in [-0.2, -0.15) is 0 Å². The highest BCUT2D eigenvalue weighted by atomic mass is 15.2. The maximum Gasteiger partial charge on any atom is 0.00703 e. The van der Waals surface area contributed by atoms with Gasteiger partial charge in [0, 0.05) is 18.6 Å². The number of piperidine rings is 1. The van der Waals surface area contributed by atoms with Crippen molar-refractivity contribution in [3.8, 4) is 0 Å². The van der Waals surface area contributed by atoms with Crippen LogP contribution in [0.4, 0.5) is 0 Å². The van der Waals surface area contributed by atoms with Crippen LogP contribution in [0.3, 0.4) is 0 Å². The predicted octanol–water partition coefficient (Wildman–Crippen LogP) is 2.23. The SMILES string of the molecule is CC1CCC(C)N(C(C)CCCN)C1. The van der Waals surface area contributed by atoms with Crippen LogP contribution in [-0.4, -0.2) is 30.1 Å². The topological polar surface area (TPSA) is 29.3 Å². The molecule has 1 aliphatic rings. The second-order valence-electron chi connectivity index (χ2n) is 5.01. The Kier molecular flexibility index (Phi) is 4.90. The van der Waals surface area contributed by atoms with Gasteiger partial charge in [0.2, 0.25) is 0 Å². The molecule has 0 radical (unpaired) electrons. The average Bonchev–Trinajstić information content (AvgIpc) is 2.18. The van der Waals surface area contributed by atoms with E-state index in [0.717, 1.165) is 24.5 Å². The number of rotatable bonds is 4. The van der Waals surface area contributed by atoms with E-state index >= 15 is 0 Å². The van der Waals surface area contributed by atoms with E-state index in [1.165, 1.54) is 32.2 Å². The molecule has 0 aromatic rings. The fraction of sp³-hybridized carbons (Fsp3) is 1.00. The van der Waals surface area contributed by atoms with E-state index < -0.39 is 0 Å². The van der Waals surface area contributed by atoms with Gasteiger partial charge in [-0.3, -0.25) is 4.90 Å². The molecule has 2 N–H and O–H groups in total. The average molecular weight is 198 g/mol. The molecule has 3 atom stereocenters. The van der Waals surface area contributed by atoms with Gasteiger partial charge in [-0.25, -0.2) is 0 Å². The van der Waals surface area contributed by atoms with Crippen molar-refractivity contribution in [1.29, 1.82) is 0 Å². The molecule has 14 heavy (non-hydrogen) atoms. The maximum atomic E-state index is 5.55. The van der Waals surface area contributed by atoms with Crippen molar-refractivity contribution in [2.75, 3.05) is 13.1 Å². The smallest absolute Gasteiger partial charge is 0.00703 e. The number of likely N-dealkylation sites (tertiary alicyclic amines) is 1. The number of hydrogen-bond acceptors (Lipinski definition) is 2. The van der Waals surface area contributed by atoms with Crippen LogP contribution in [0.2, 0.25) is 0 Å². The van der Waals surface area contributed by atoms with E-state index in [1.54, 1.807) is 0 Å². The van der Waals surface area contributed by atoms with E-state index in [2.05, 4.69) is 25.7 Å². The van der Waals surface area contributed by atoms with Crippen LogP contribution in [0.15, 0.2) is 0 Å². The standard InChI is InChI=1S/C12H26N2/c1-10-6-7-12(3)14(9-10)11(2)5-4-8-13/h10-12H,4-9,13H2,1-3H3. The summed E-state index contributed by atoms with van der Waals surface area (Å²) in [4.78, 5) is 2.67. The van der Waals surface area contributed by atoms with Crippen molar-refractivity contribution in [1.82, 2.24) is 4.90 Å². The Bertz CT molecular complexity index is 158. The van der Waals surface area contributed by atoms with Crippen LogP contribution in [0, 0.1) is 5.92 Å². The zero-order valence-corrected chi connectivity index (χ0v) is 10.00. The predicted molar refractivity (Wildman–Crippen MR) is 62.3 cm³/mol. The Hall–Kier alpha value is -0.0800. The van der Waals surface area contributed by atoms with Gasteiger partial charge in [0.1, 0.15) is 0 Å². The molecule has 1 heterocycles. The van der Waals surface area contributed by atoms with Gasteiger partial charge in [0.25, 0.3) is 0 Å². The van der Waals surface area contributed by atoms with E-state index in [9.17, 15) is 0 Å². The molecule has 0 aliphatic carbocycles. The summed E-state index contributed by atoms with van der Waals surface area (Å²) >= 11 is 0. The molecule has 2 heteroatoms. The fourth-order valence-corrected chi connectivity index (χ4v) is 2.52. The lowest BCUT2D eigenvalue weighted by atomic mass is 9.93. The van der Waals surface area contributed by atoms with Crippen molar-refractivity contribution < 1.29 is 0 Å². The van der Waals surface area contributed by atoms with Crippen molar-refractivity contribution in [3.05, 3.63) is 0 Å². The molecule has 0 bridgehead atoms. The normalized spacial score (nSPS) is 31.7. The molecule has 0 aromatic heterocycles.